The highest BCUT2D eigenvalue weighted by atomic mass is 16.4. The minimum atomic E-state index is -1.03. The van der Waals surface area contributed by atoms with E-state index in [1.807, 2.05) is 12.4 Å². The number of rotatable bonds is 8. The van der Waals surface area contributed by atoms with Crippen molar-refractivity contribution in [3.63, 3.8) is 0 Å². The number of hydrogen-bond donors (Lipinski definition) is 0. The Hall–Kier alpha value is -1.32. The van der Waals surface area contributed by atoms with Gasteiger partial charge in [0.05, 0.1) is 12.5 Å². The SMILES string of the molecule is CCCCc1n(CCCC)cc[n+]1CC(=O)[O-]. The molecule has 0 bridgehead atoms. The number of aromatic nitrogens is 2. The van der Waals surface area contributed by atoms with Crippen molar-refractivity contribution >= 4 is 5.97 Å². The Balaban J connectivity index is 2.80. The summed E-state index contributed by atoms with van der Waals surface area (Å²) in [6.45, 7) is 5.22. The lowest BCUT2D eigenvalue weighted by molar-refractivity contribution is -0.697. The number of unbranched alkanes of at least 4 members (excludes halogenated alkanes) is 2. The number of carbonyl (C=O) groups is 1. The first-order chi connectivity index (χ1) is 8.19. The van der Waals surface area contributed by atoms with Crippen LogP contribution in [0.3, 0.4) is 0 Å². The van der Waals surface area contributed by atoms with Crippen molar-refractivity contribution in [2.45, 2.75) is 59.0 Å². The van der Waals surface area contributed by atoms with E-state index < -0.39 is 5.97 Å². The smallest absolute Gasteiger partial charge is 0.256 e. The monoisotopic (exact) mass is 238 g/mol. The van der Waals surface area contributed by atoms with E-state index in [-0.39, 0.29) is 6.54 Å². The number of hydrogen-bond acceptors (Lipinski definition) is 2. The molecule has 0 atom stereocenters. The van der Waals surface area contributed by atoms with Gasteiger partial charge in [-0.2, -0.15) is 0 Å². The number of aryl methyl sites for hydroxylation is 1. The standard InChI is InChI=1S/C13H22N2O2/c1-3-5-7-12-14(8-6-4-2)9-10-15(12)11-13(16)17/h9-10H,3-8,11H2,1-2H3. The molecule has 4 nitrogen and oxygen atoms in total. The Morgan fingerprint density at radius 2 is 2.06 bits per heavy atom. The maximum atomic E-state index is 10.7. The summed E-state index contributed by atoms with van der Waals surface area (Å²) in [7, 11) is 0. The quantitative estimate of drug-likeness (QED) is 0.625. The number of nitrogens with zero attached hydrogens (tertiary/aromatic N) is 2. The van der Waals surface area contributed by atoms with Gasteiger partial charge in [-0.1, -0.05) is 26.7 Å². The molecule has 0 aliphatic carbocycles. The van der Waals surface area contributed by atoms with Gasteiger partial charge >= 0.3 is 0 Å². The summed E-state index contributed by atoms with van der Waals surface area (Å²) in [5.74, 6) is 0.0745. The molecular formula is C13H22N2O2. The van der Waals surface area contributed by atoms with Crippen molar-refractivity contribution in [3.05, 3.63) is 18.2 Å². The molecule has 0 fully saturated rings. The molecular weight excluding hydrogens is 216 g/mol. The third-order valence-corrected chi connectivity index (χ3v) is 2.90. The van der Waals surface area contributed by atoms with Gasteiger partial charge in [-0.05, 0) is 12.8 Å². The van der Waals surface area contributed by atoms with Crippen molar-refractivity contribution in [2.24, 2.45) is 0 Å². The Kier molecular flexibility index (Phi) is 5.73. The number of imidazole rings is 1. The van der Waals surface area contributed by atoms with Gasteiger partial charge in [0.2, 0.25) is 0 Å². The molecule has 0 saturated heterocycles. The van der Waals surface area contributed by atoms with E-state index in [0.717, 1.165) is 44.5 Å². The van der Waals surface area contributed by atoms with Crippen LogP contribution in [0.5, 0.6) is 0 Å². The molecule has 1 aromatic heterocycles. The molecule has 0 radical (unpaired) electrons. The topological polar surface area (TPSA) is 48.9 Å². The summed E-state index contributed by atoms with van der Waals surface area (Å²) in [6.07, 6.45) is 9.22. The van der Waals surface area contributed by atoms with Crippen LogP contribution in [0, 0.1) is 0 Å². The van der Waals surface area contributed by atoms with Crippen molar-refractivity contribution in [2.75, 3.05) is 0 Å². The summed E-state index contributed by atoms with van der Waals surface area (Å²) >= 11 is 0. The molecule has 4 heteroatoms. The van der Waals surface area contributed by atoms with Crippen LogP contribution < -0.4 is 9.67 Å². The first-order valence-corrected chi connectivity index (χ1v) is 6.46. The highest BCUT2D eigenvalue weighted by molar-refractivity contribution is 5.62. The molecule has 0 spiro atoms. The van der Waals surface area contributed by atoms with Gasteiger partial charge in [-0.3, -0.25) is 0 Å². The van der Waals surface area contributed by atoms with Gasteiger partial charge < -0.3 is 9.90 Å². The predicted molar refractivity (Wildman–Crippen MR) is 63.2 cm³/mol. The fourth-order valence-corrected chi connectivity index (χ4v) is 1.94. The minimum Gasteiger partial charge on any atom is -0.546 e. The number of carbonyl (C=O) groups excluding carboxylic acids is 1. The lowest BCUT2D eigenvalue weighted by Gasteiger charge is -2.05. The van der Waals surface area contributed by atoms with E-state index >= 15 is 0 Å². The van der Waals surface area contributed by atoms with Gasteiger partial charge in [0.25, 0.3) is 5.82 Å². The lowest BCUT2D eigenvalue weighted by atomic mass is 10.2. The minimum absolute atomic E-state index is 0.0435. The highest BCUT2D eigenvalue weighted by Gasteiger charge is 2.15. The maximum absolute atomic E-state index is 10.7. The first-order valence-electron chi connectivity index (χ1n) is 6.46. The highest BCUT2D eigenvalue weighted by Crippen LogP contribution is 2.04. The molecule has 0 N–H and O–H groups in total. The zero-order chi connectivity index (χ0) is 12.7. The van der Waals surface area contributed by atoms with Crippen LogP contribution in [-0.4, -0.2) is 10.5 Å². The summed E-state index contributed by atoms with van der Waals surface area (Å²) < 4.78 is 3.96. The largest absolute Gasteiger partial charge is 0.546 e. The molecule has 0 aromatic carbocycles. The molecule has 96 valence electrons. The third-order valence-electron chi connectivity index (χ3n) is 2.90. The van der Waals surface area contributed by atoms with E-state index in [1.54, 1.807) is 4.57 Å². The molecule has 1 aromatic rings. The van der Waals surface area contributed by atoms with Gasteiger partial charge in [-0.25, -0.2) is 9.13 Å². The maximum Gasteiger partial charge on any atom is 0.256 e. The molecule has 1 heterocycles. The second-order valence-electron chi connectivity index (χ2n) is 4.36. The Bertz CT molecular complexity index is 358. The summed E-state index contributed by atoms with van der Waals surface area (Å²) in [6, 6.07) is 0. The van der Waals surface area contributed by atoms with Crippen LogP contribution in [0.15, 0.2) is 12.4 Å². The molecule has 0 amide bonds. The van der Waals surface area contributed by atoms with Crippen LogP contribution in [-0.2, 0) is 24.3 Å². The Labute approximate surface area is 103 Å². The summed E-state index contributed by atoms with van der Waals surface area (Å²) in [5.41, 5.74) is 0. The van der Waals surface area contributed by atoms with E-state index in [2.05, 4.69) is 18.4 Å². The van der Waals surface area contributed by atoms with Crippen molar-refractivity contribution in [3.8, 4) is 0 Å². The van der Waals surface area contributed by atoms with Crippen molar-refractivity contribution < 1.29 is 14.5 Å². The van der Waals surface area contributed by atoms with Crippen LogP contribution >= 0.6 is 0 Å². The number of carboxylic acid groups (broad SMARTS) is 1. The van der Waals surface area contributed by atoms with E-state index in [1.165, 1.54) is 0 Å². The van der Waals surface area contributed by atoms with Gasteiger partial charge in [-0.15, -0.1) is 0 Å². The van der Waals surface area contributed by atoms with Crippen LogP contribution in [0.1, 0.15) is 45.4 Å². The fraction of sp³-hybridized carbons (Fsp3) is 0.692. The van der Waals surface area contributed by atoms with Crippen LogP contribution in [0.4, 0.5) is 0 Å². The van der Waals surface area contributed by atoms with Crippen LogP contribution in [0.25, 0.3) is 0 Å². The van der Waals surface area contributed by atoms with Gasteiger partial charge in [0.1, 0.15) is 18.9 Å². The average Bonchev–Trinajstić information content (AvgIpc) is 2.65. The molecule has 0 aliphatic heterocycles. The lowest BCUT2D eigenvalue weighted by Crippen LogP contribution is -2.45. The molecule has 17 heavy (non-hydrogen) atoms. The van der Waals surface area contributed by atoms with Crippen molar-refractivity contribution in [1.29, 1.82) is 0 Å². The van der Waals surface area contributed by atoms with E-state index in [9.17, 15) is 9.90 Å². The number of carboxylic acids is 1. The van der Waals surface area contributed by atoms with E-state index in [4.69, 9.17) is 0 Å². The van der Waals surface area contributed by atoms with Crippen LogP contribution in [0.2, 0.25) is 0 Å². The molecule has 0 aliphatic rings. The Morgan fingerprint density at radius 3 is 2.65 bits per heavy atom. The fourth-order valence-electron chi connectivity index (χ4n) is 1.94. The predicted octanol–water partition coefficient (Wildman–Crippen LogP) is 0.668. The molecule has 0 unspecified atom stereocenters. The second kappa shape index (κ2) is 7.09. The van der Waals surface area contributed by atoms with Gasteiger partial charge in [0, 0.05) is 6.42 Å². The first kappa shape index (κ1) is 13.7. The third kappa shape index (κ3) is 4.21. The summed E-state index contributed by atoms with van der Waals surface area (Å²) in [5, 5.41) is 10.7. The zero-order valence-electron chi connectivity index (χ0n) is 10.8. The average molecular weight is 238 g/mol. The van der Waals surface area contributed by atoms with Crippen molar-refractivity contribution in [1.82, 2.24) is 4.57 Å². The summed E-state index contributed by atoms with van der Waals surface area (Å²) in [4.78, 5) is 10.7. The normalized spacial score (nSPS) is 10.7. The Morgan fingerprint density at radius 1 is 1.35 bits per heavy atom. The van der Waals surface area contributed by atoms with Gasteiger partial charge in [0.15, 0.2) is 0 Å². The molecule has 1 rings (SSSR count). The number of aliphatic carboxylic acids is 1. The zero-order valence-corrected chi connectivity index (χ0v) is 10.8. The second-order valence-corrected chi connectivity index (χ2v) is 4.36. The van der Waals surface area contributed by atoms with E-state index in [0.29, 0.717) is 0 Å². The molecule has 0 saturated carbocycles.